The number of aromatic amines is 1. The van der Waals surface area contributed by atoms with E-state index in [-0.39, 0.29) is 11.9 Å². The van der Waals surface area contributed by atoms with Gasteiger partial charge in [0.2, 0.25) is 0 Å². The molecule has 0 bridgehead atoms. The molecule has 1 saturated heterocycles. The van der Waals surface area contributed by atoms with Crippen LogP contribution in [0.5, 0.6) is 0 Å². The maximum Gasteiger partial charge on any atom is 0.178 e. The molecule has 4 heteroatoms. The summed E-state index contributed by atoms with van der Waals surface area (Å²) in [6, 6.07) is 7.91. The Labute approximate surface area is 123 Å². The molecule has 1 aliphatic carbocycles. The first-order chi connectivity index (χ1) is 10.2. The van der Waals surface area contributed by atoms with Crippen LogP contribution in [0.15, 0.2) is 30.5 Å². The van der Waals surface area contributed by atoms with E-state index >= 15 is 0 Å². The molecule has 1 aromatic carbocycles. The standard InChI is InChI=1S/C17H20N2O2/c20-16-6-5-11-8-19(9-14(11)16)10-17(21)13-7-18-15-4-2-1-3-12(13)15/h1-4,7,11,14,16,18,20H,5-6,8-10H2. The number of para-hydroxylation sites is 1. The molecule has 0 amide bonds. The number of aromatic nitrogens is 1. The minimum atomic E-state index is -0.164. The second-order valence-electron chi connectivity index (χ2n) is 6.43. The van der Waals surface area contributed by atoms with Gasteiger partial charge in [0.1, 0.15) is 0 Å². The molecular formula is C17H20N2O2. The van der Waals surface area contributed by atoms with Gasteiger partial charge in [0, 0.05) is 41.7 Å². The number of benzene rings is 1. The normalized spacial score (nSPS) is 29.1. The summed E-state index contributed by atoms with van der Waals surface area (Å²) in [7, 11) is 0. The highest BCUT2D eigenvalue weighted by molar-refractivity contribution is 6.08. The number of aliphatic hydroxyl groups is 1. The molecule has 2 aromatic rings. The molecule has 3 atom stereocenters. The summed E-state index contributed by atoms with van der Waals surface area (Å²) in [5.41, 5.74) is 1.79. The number of nitrogens with one attached hydrogen (secondary N) is 1. The Balaban J connectivity index is 1.49. The number of likely N-dealkylation sites (tertiary alicyclic amines) is 1. The number of carbonyl (C=O) groups excluding carboxylic acids is 1. The summed E-state index contributed by atoms with van der Waals surface area (Å²) in [5, 5.41) is 11.0. The van der Waals surface area contributed by atoms with Crippen LogP contribution in [-0.4, -0.2) is 46.5 Å². The summed E-state index contributed by atoms with van der Waals surface area (Å²) in [6.45, 7) is 2.28. The van der Waals surface area contributed by atoms with E-state index in [4.69, 9.17) is 0 Å². The average Bonchev–Trinajstić information content (AvgIpc) is 3.15. The van der Waals surface area contributed by atoms with Crippen molar-refractivity contribution in [3.63, 3.8) is 0 Å². The minimum Gasteiger partial charge on any atom is -0.393 e. The summed E-state index contributed by atoms with van der Waals surface area (Å²) in [5.74, 6) is 1.12. The van der Waals surface area contributed by atoms with Gasteiger partial charge >= 0.3 is 0 Å². The second-order valence-corrected chi connectivity index (χ2v) is 6.43. The van der Waals surface area contributed by atoms with E-state index in [1.807, 2.05) is 30.5 Å². The van der Waals surface area contributed by atoms with Gasteiger partial charge in [0.05, 0.1) is 12.6 Å². The maximum atomic E-state index is 12.6. The molecule has 1 aliphatic heterocycles. The van der Waals surface area contributed by atoms with Crippen LogP contribution in [0.2, 0.25) is 0 Å². The first kappa shape index (κ1) is 13.0. The number of rotatable bonds is 3. The van der Waals surface area contributed by atoms with Crippen molar-refractivity contribution >= 4 is 16.7 Å². The molecule has 0 spiro atoms. The lowest BCUT2D eigenvalue weighted by Gasteiger charge is -2.16. The average molecular weight is 284 g/mol. The number of aliphatic hydroxyl groups excluding tert-OH is 1. The van der Waals surface area contributed by atoms with Gasteiger partial charge in [-0.25, -0.2) is 0 Å². The Kier molecular flexibility index (Phi) is 3.08. The first-order valence-electron chi connectivity index (χ1n) is 7.72. The van der Waals surface area contributed by atoms with Crippen LogP contribution in [0.4, 0.5) is 0 Å². The van der Waals surface area contributed by atoms with E-state index in [0.29, 0.717) is 18.4 Å². The van der Waals surface area contributed by atoms with Gasteiger partial charge < -0.3 is 10.1 Å². The Morgan fingerprint density at radius 3 is 3.00 bits per heavy atom. The number of Topliss-reactive ketones (excluding diaryl/α,β-unsaturated/α-hetero) is 1. The van der Waals surface area contributed by atoms with Crippen molar-refractivity contribution < 1.29 is 9.90 Å². The van der Waals surface area contributed by atoms with Gasteiger partial charge in [-0.1, -0.05) is 18.2 Å². The fourth-order valence-corrected chi connectivity index (χ4v) is 4.05. The smallest absolute Gasteiger partial charge is 0.178 e. The fraction of sp³-hybridized carbons (Fsp3) is 0.471. The minimum absolute atomic E-state index is 0.164. The number of hydrogen-bond donors (Lipinski definition) is 2. The van der Waals surface area contributed by atoms with Crippen molar-refractivity contribution in [3.05, 3.63) is 36.0 Å². The number of carbonyl (C=O) groups is 1. The molecule has 1 aromatic heterocycles. The molecular weight excluding hydrogens is 264 g/mol. The van der Waals surface area contributed by atoms with Crippen molar-refractivity contribution in [3.8, 4) is 0 Å². The van der Waals surface area contributed by atoms with Gasteiger partial charge in [-0.2, -0.15) is 0 Å². The molecule has 2 N–H and O–H groups in total. The Morgan fingerprint density at radius 1 is 1.29 bits per heavy atom. The third-order valence-corrected chi connectivity index (χ3v) is 5.15. The Morgan fingerprint density at radius 2 is 2.14 bits per heavy atom. The van der Waals surface area contributed by atoms with Crippen LogP contribution in [-0.2, 0) is 0 Å². The van der Waals surface area contributed by atoms with E-state index in [9.17, 15) is 9.90 Å². The van der Waals surface area contributed by atoms with E-state index in [1.165, 1.54) is 0 Å². The van der Waals surface area contributed by atoms with Crippen molar-refractivity contribution in [2.45, 2.75) is 18.9 Å². The number of fused-ring (bicyclic) bond motifs is 2. The second kappa shape index (κ2) is 4.97. The van der Waals surface area contributed by atoms with E-state index < -0.39 is 0 Å². The zero-order valence-corrected chi connectivity index (χ0v) is 12.0. The van der Waals surface area contributed by atoms with Gasteiger partial charge in [-0.3, -0.25) is 9.69 Å². The molecule has 2 heterocycles. The maximum absolute atomic E-state index is 12.6. The lowest BCUT2D eigenvalue weighted by atomic mass is 10.00. The summed E-state index contributed by atoms with van der Waals surface area (Å²) >= 11 is 0. The van der Waals surface area contributed by atoms with Crippen LogP contribution >= 0.6 is 0 Å². The predicted molar refractivity (Wildman–Crippen MR) is 81.3 cm³/mol. The molecule has 21 heavy (non-hydrogen) atoms. The number of nitrogens with zero attached hydrogens (tertiary/aromatic N) is 1. The number of ketones is 1. The zero-order valence-electron chi connectivity index (χ0n) is 12.0. The lowest BCUT2D eigenvalue weighted by Crippen LogP contribution is -2.30. The zero-order chi connectivity index (χ0) is 14.4. The van der Waals surface area contributed by atoms with Crippen molar-refractivity contribution in [1.29, 1.82) is 0 Å². The van der Waals surface area contributed by atoms with Crippen LogP contribution in [0.25, 0.3) is 10.9 Å². The van der Waals surface area contributed by atoms with E-state index in [0.717, 1.165) is 42.4 Å². The molecule has 4 rings (SSSR count). The number of hydrogen-bond acceptors (Lipinski definition) is 3. The van der Waals surface area contributed by atoms with Gasteiger partial charge in [-0.15, -0.1) is 0 Å². The van der Waals surface area contributed by atoms with Crippen molar-refractivity contribution in [1.82, 2.24) is 9.88 Å². The fourth-order valence-electron chi connectivity index (χ4n) is 4.05. The van der Waals surface area contributed by atoms with E-state index in [2.05, 4.69) is 9.88 Å². The summed E-state index contributed by atoms with van der Waals surface area (Å²) in [4.78, 5) is 17.9. The first-order valence-corrected chi connectivity index (χ1v) is 7.72. The third-order valence-electron chi connectivity index (χ3n) is 5.15. The SMILES string of the molecule is O=C(CN1CC2CCC(O)C2C1)c1c[nH]c2ccccc12. The summed E-state index contributed by atoms with van der Waals surface area (Å²) in [6.07, 6.45) is 3.69. The van der Waals surface area contributed by atoms with Crippen molar-refractivity contribution in [2.75, 3.05) is 19.6 Å². The van der Waals surface area contributed by atoms with Gasteiger partial charge in [0.25, 0.3) is 0 Å². The van der Waals surface area contributed by atoms with Crippen LogP contribution in [0, 0.1) is 11.8 Å². The van der Waals surface area contributed by atoms with Crippen molar-refractivity contribution in [2.24, 2.45) is 11.8 Å². The molecule has 0 radical (unpaired) electrons. The number of H-pyrrole nitrogens is 1. The highest BCUT2D eigenvalue weighted by Gasteiger charge is 2.42. The van der Waals surface area contributed by atoms with Crippen LogP contribution in [0.1, 0.15) is 23.2 Å². The highest BCUT2D eigenvalue weighted by Crippen LogP contribution is 2.38. The van der Waals surface area contributed by atoms with E-state index in [1.54, 1.807) is 0 Å². The largest absolute Gasteiger partial charge is 0.393 e. The van der Waals surface area contributed by atoms with Crippen LogP contribution in [0.3, 0.4) is 0 Å². The summed E-state index contributed by atoms with van der Waals surface area (Å²) < 4.78 is 0. The molecule has 4 nitrogen and oxygen atoms in total. The Bertz CT molecular complexity index is 678. The predicted octanol–water partition coefficient (Wildman–Crippen LogP) is 2.05. The monoisotopic (exact) mass is 284 g/mol. The topological polar surface area (TPSA) is 56.3 Å². The molecule has 3 unspecified atom stereocenters. The van der Waals surface area contributed by atoms with Gasteiger partial charge in [0.15, 0.2) is 5.78 Å². The third kappa shape index (κ3) is 2.19. The quantitative estimate of drug-likeness (QED) is 0.848. The lowest BCUT2D eigenvalue weighted by molar-refractivity contribution is 0.0921. The highest BCUT2D eigenvalue weighted by atomic mass is 16.3. The molecule has 1 saturated carbocycles. The molecule has 110 valence electrons. The molecule has 2 fully saturated rings. The Hall–Kier alpha value is -1.65. The van der Waals surface area contributed by atoms with Crippen LogP contribution < -0.4 is 0 Å². The van der Waals surface area contributed by atoms with Gasteiger partial charge in [-0.05, 0) is 24.8 Å². The molecule has 2 aliphatic rings.